The molecule has 38 heavy (non-hydrogen) atoms. The number of rotatable bonds is 6. The molecule has 1 saturated heterocycles. The Morgan fingerprint density at radius 2 is 1.66 bits per heavy atom. The fourth-order valence-corrected chi connectivity index (χ4v) is 9.37. The Hall–Kier alpha value is -1.95. The Labute approximate surface area is 228 Å². The number of carbonyl (C=O) groups excluding carboxylic acids is 3. The summed E-state index contributed by atoms with van der Waals surface area (Å²) in [6.45, 7) is 12.8. The van der Waals surface area contributed by atoms with Gasteiger partial charge in [0, 0.05) is 18.9 Å². The number of ether oxygens (including phenoxy) is 2. The van der Waals surface area contributed by atoms with Crippen LogP contribution in [0.1, 0.15) is 98.8 Å². The second-order valence-corrected chi connectivity index (χ2v) is 13.3. The molecule has 0 aromatic carbocycles. The maximum Gasteiger partial charge on any atom is 0.307 e. The summed E-state index contributed by atoms with van der Waals surface area (Å²) in [5.74, 6) is 0.690. The number of ketones is 1. The molecule has 0 aromatic heterocycles. The minimum Gasteiger partial charge on any atom is -0.458 e. The number of carbonyl (C=O) groups is 3. The monoisotopic (exact) mass is 525 g/mol. The van der Waals surface area contributed by atoms with Gasteiger partial charge in [-0.2, -0.15) is 0 Å². The molecule has 0 bridgehead atoms. The summed E-state index contributed by atoms with van der Waals surface area (Å²) in [7, 11) is 0. The highest BCUT2D eigenvalue weighted by Crippen LogP contribution is 2.68. The summed E-state index contributed by atoms with van der Waals surface area (Å²) in [6, 6.07) is 0. The average Bonchev–Trinajstić information content (AvgIpc) is 3.17. The lowest BCUT2D eigenvalue weighted by Crippen LogP contribution is -2.58. The minimum absolute atomic E-state index is 0.0120. The summed E-state index contributed by atoms with van der Waals surface area (Å²) < 4.78 is 11.9. The fraction of sp³-hybridized carbons (Fsp3) is 0.781. The Kier molecular flexibility index (Phi) is 7.43. The SMILES string of the molecule is CC(=O)O[C@]1(C(C)=O)CCC2[C@@H]3C=C(C)C4=CC(OC(=O)CCN5CCCCC5)CC[C@]4(C)C3CC[C@@]21C. The third kappa shape index (κ3) is 4.49. The molecule has 3 unspecified atom stereocenters. The molecule has 5 aliphatic rings. The van der Waals surface area contributed by atoms with Gasteiger partial charge in [-0.25, -0.2) is 0 Å². The molecule has 1 aliphatic heterocycles. The van der Waals surface area contributed by atoms with E-state index in [0.717, 1.165) is 51.7 Å². The Morgan fingerprint density at radius 3 is 2.34 bits per heavy atom. The molecule has 0 spiro atoms. The summed E-state index contributed by atoms with van der Waals surface area (Å²) in [5, 5.41) is 0. The average molecular weight is 526 g/mol. The standard InChI is InChI=1S/C32H47NO5/c1-21-19-25-26(10-14-31(5)27(25)11-15-32(31,22(2)34)38-23(3)35)30(4)13-9-24(20-28(21)30)37-29(36)12-18-33-16-7-6-8-17-33/h19-20,24-27H,6-18H2,1-5H3/t24?,25-,26?,27?,30-,31+,32+/m1/s1. The fourth-order valence-electron chi connectivity index (χ4n) is 9.37. The Morgan fingerprint density at radius 1 is 0.947 bits per heavy atom. The third-order valence-corrected chi connectivity index (χ3v) is 11.3. The maximum atomic E-state index is 13.0. The number of Topliss-reactive ketones (excluding diaryl/α,β-unsaturated/α-hetero) is 1. The highest BCUT2D eigenvalue weighted by atomic mass is 16.6. The van der Waals surface area contributed by atoms with Crippen molar-refractivity contribution in [3.05, 3.63) is 23.3 Å². The van der Waals surface area contributed by atoms with Gasteiger partial charge in [-0.05, 0) is 113 Å². The number of allylic oxidation sites excluding steroid dienone is 3. The van der Waals surface area contributed by atoms with Gasteiger partial charge in [-0.3, -0.25) is 14.4 Å². The molecule has 2 saturated carbocycles. The topological polar surface area (TPSA) is 72.9 Å². The van der Waals surface area contributed by atoms with Crippen molar-refractivity contribution in [3.8, 4) is 0 Å². The van der Waals surface area contributed by atoms with Crippen molar-refractivity contribution in [1.82, 2.24) is 4.90 Å². The van der Waals surface area contributed by atoms with E-state index >= 15 is 0 Å². The van der Waals surface area contributed by atoms with Crippen LogP contribution in [0.5, 0.6) is 0 Å². The van der Waals surface area contributed by atoms with Crippen LogP contribution in [0.25, 0.3) is 0 Å². The van der Waals surface area contributed by atoms with Crippen LogP contribution >= 0.6 is 0 Å². The molecule has 0 aromatic rings. The van der Waals surface area contributed by atoms with Crippen LogP contribution in [0.2, 0.25) is 0 Å². The van der Waals surface area contributed by atoms with E-state index in [2.05, 4.69) is 37.8 Å². The second kappa shape index (κ2) is 10.2. The summed E-state index contributed by atoms with van der Waals surface area (Å²) in [6.07, 6.45) is 14.0. The smallest absolute Gasteiger partial charge is 0.307 e. The number of hydrogen-bond acceptors (Lipinski definition) is 6. The van der Waals surface area contributed by atoms with E-state index in [9.17, 15) is 14.4 Å². The van der Waals surface area contributed by atoms with Gasteiger partial charge >= 0.3 is 11.9 Å². The first-order chi connectivity index (χ1) is 18.0. The normalized spacial score (nSPS) is 40.7. The van der Waals surface area contributed by atoms with Crippen LogP contribution in [-0.2, 0) is 23.9 Å². The Bertz CT molecular complexity index is 1040. The molecule has 6 nitrogen and oxygen atoms in total. The zero-order valence-electron chi connectivity index (χ0n) is 24.1. The molecule has 5 rings (SSSR count). The summed E-state index contributed by atoms with van der Waals surface area (Å²) in [4.78, 5) is 40.2. The van der Waals surface area contributed by atoms with Crippen LogP contribution in [0.15, 0.2) is 23.3 Å². The van der Waals surface area contributed by atoms with Crippen LogP contribution in [-0.4, -0.2) is 54.0 Å². The van der Waals surface area contributed by atoms with Crippen molar-refractivity contribution in [2.24, 2.45) is 28.6 Å². The predicted molar refractivity (Wildman–Crippen MR) is 146 cm³/mol. The molecular formula is C32H47NO5. The van der Waals surface area contributed by atoms with E-state index in [1.165, 1.54) is 37.3 Å². The van der Waals surface area contributed by atoms with Crippen LogP contribution in [0, 0.1) is 28.6 Å². The lowest BCUT2D eigenvalue weighted by Gasteiger charge is -2.58. The lowest BCUT2D eigenvalue weighted by molar-refractivity contribution is -0.185. The number of fused-ring (bicyclic) bond motifs is 5. The molecule has 210 valence electrons. The van der Waals surface area contributed by atoms with Crippen molar-refractivity contribution in [2.45, 2.75) is 111 Å². The highest BCUT2D eigenvalue weighted by molar-refractivity contribution is 5.89. The van der Waals surface area contributed by atoms with Gasteiger partial charge in [-0.15, -0.1) is 0 Å². The summed E-state index contributed by atoms with van der Waals surface area (Å²) >= 11 is 0. The second-order valence-electron chi connectivity index (χ2n) is 13.3. The first kappa shape index (κ1) is 27.6. The quantitative estimate of drug-likeness (QED) is 0.409. The van der Waals surface area contributed by atoms with Gasteiger partial charge in [-0.1, -0.05) is 31.9 Å². The number of piperidine rings is 1. The van der Waals surface area contributed by atoms with Crippen molar-refractivity contribution in [2.75, 3.05) is 19.6 Å². The zero-order chi connectivity index (χ0) is 27.3. The molecule has 4 aliphatic carbocycles. The van der Waals surface area contributed by atoms with Crippen molar-refractivity contribution in [3.63, 3.8) is 0 Å². The maximum absolute atomic E-state index is 13.0. The largest absolute Gasteiger partial charge is 0.458 e. The molecular weight excluding hydrogens is 478 g/mol. The number of esters is 2. The van der Waals surface area contributed by atoms with Crippen molar-refractivity contribution >= 4 is 17.7 Å². The zero-order valence-corrected chi connectivity index (χ0v) is 24.1. The van der Waals surface area contributed by atoms with E-state index in [1.807, 2.05) is 0 Å². The molecule has 0 amide bonds. The highest BCUT2D eigenvalue weighted by Gasteiger charge is 2.67. The van der Waals surface area contributed by atoms with Gasteiger partial charge in [0.25, 0.3) is 0 Å². The van der Waals surface area contributed by atoms with Gasteiger partial charge in [0.05, 0.1) is 6.42 Å². The van der Waals surface area contributed by atoms with E-state index in [-0.39, 0.29) is 34.7 Å². The minimum atomic E-state index is -1.01. The first-order valence-corrected chi connectivity index (χ1v) is 15.0. The number of hydrogen-bond donors (Lipinski definition) is 0. The van der Waals surface area contributed by atoms with E-state index < -0.39 is 5.60 Å². The first-order valence-electron chi connectivity index (χ1n) is 15.0. The molecule has 1 heterocycles. The van der Waals surface area contributed by atoms with Crippen molar-refractivity contribution in [1.29, 1.82) is 0 Å². The summed E-state index contributed by atoms with van der Waals surface area (Å²) in [5.41, 5.74) is 1.30. The van der Waals surface area contributed by atoms with Crippen molar-refractivity contribution < 1.29 is 23.9 Å². The van der Waals surface area contributed by atoms with Gasteiger partial charge in [0.2, 0.25) is 0 Å². The van der Waals surface area contributed by atoms with Crippen LogP contribution in [0.4, 0.5) is 0 Å². The Balaban J connectivity index is 1.34. The molecule has 6 heteroatoms. The van der Waals surface area contributed by atoms with E-state index in [0.29, 0.717) is 30.6 Å². The molecule has 0 radical (unpaired) electrons. The number of likely N-dealkylation sites (tertiary alicyclic amines) is 1. The molecule has 7 atom stereocenters. The van der Waals surface area contributed by atoms with Gasteiger partial charge < -0.3 is 14.4 Å². The predicted octanol–water partition coefficient (Wildman–Crippen LogP) is 5.79. The number of nitrogens with zero attached hydrogens (tertiary/aromatic N) is 1. The van der Waals surface area contributed by atoms with Gasteiger partial charge in [0.1, 0.15) is 6.10 Å². The third-order valence-electron chi connectivity index (χ3n) is 11.3. The van der Waals surface area contributed by atoms with Crippen LogP contribution in [0.3, 0.4) is 0 Å². The molecule has 0 N–H and O–H groups in total. The molecule has 3 fully saturated rings. The van der Waals surface area contributed by atoms with Gasteiger partial charge in [0.15, 0.2) is 11.4 Å². The lowest BCUT2D eigenvalue weighted by atomic mass is 9.47. The van der Waals surface area contributed by atoms with E-state index in [1.54, 1.807) is 6.92 Å². The van der Waals surface area contributed by atoms with Crippen LogP contribution < -0.4 is 0 Å². The van der Waals surface area contributed by atoms with E-state index in [4.69, 9.17) is 9.47 Å².